The quantitative estimate of drug-likeness (QED) is 0.665. The van der Waals surface area contributed by atoms with Crippen molar-refractivity contribution >= 4 is 11.6 Å². The molecule has 0 bridgehead atoms. The molecule has 0 aliphatic carbocycles. The Bertz CT molecular complexity index is 250. The van der Waals surface area contributed by atoms with Gasteiger partial charge in [0, 0.05) is 6.20 Å². The van der Waals surface area contributed by atoms with Crippen LogP contribution in [0.25, 0.3) is 0 Å². The fourth-order valence-corrected chi connectivity index (χ4v) is 1.02. The van der Waals surface area contributed by atoms with E-state index in [9.17, 15) is 0 Å². The maximum atomic E-state index is 5.63. The molecule has 0 fully saturated rings. The first-order valence-electron chi connectivity index (χ1n) is 3.74. The van der Waals surface area contributed by atoms with Gasteiger partial charge in [-0.05, 0) is 20.2 Å². The second-order valence-corrected chi connectivity index (χ2v) is 3.10. The lowest BCUT2D eigenvalue weighted by atomic mass is 10.4. The van der Waals surface area contributed by atoms with Gasteiger partial charge in [0.1, 0.15) is 5.82 Å². The lowest BCUT2D eigenvalue weighted by molar-refractivity contribution is 0.390. The van der Waals surface area contributed by atoms with E-state index in [-0.39, 0.29) is 0 Å². The summed E-state index contributed by atoms with van der Waals surface area (Å²) in [6, 6.07) is 1.83. The maximum Gasteiger partial charge on any atom is 0.142 e. The van der Waals surface area contributed by atoms with Gasteiger partial charge in [-0.1, -0.05) is 0 Å². The highest BCUT2D eigenvalue weighted by molar-refractivity contribution is 6.16. The highest BCUT2D eigenvalue weighted by Crippen LogP contribution is 2.00. The second kappa shape index (κ2) is 4.38. The first-order valence-corrected chi connectivity index (χ1v) is 4.27. The van der Waals surface area contributed by atoms with Crippen LogP contribution in [-0.2, 0) is 12.4 Å². The summed E-state index contributed by atoms with van der Waals surface area (Å²) < 4.78 is 0. The second-order valence-electron chi connectivity index (χ2n) is 2.84. The minimum Gasteiger partial charge on any atom is -0.302 e. The first kappa shape index (κ1) is 9.42. The van der Waals surface area contributed by atoms with Crippen LogP contribution in [-0.4, -0.2) is 29.0 Å². The van der Waals surface area contributed by atoms with E-state index in [1.807, 2.05) is 25.1 Å². The molecule has 0 unspecified atom stereocenters. The largest absolute Gasteiger partial charge is 0.302 e. The highest BCUT2D eigenvalue weighted by Gasteiger charge is 1.98. The van der Waals surface area contributed by atoms with Crippen molar-refractivity contribution < 1.29 is 0 Å². The molecule has 0 spiro atoms. The molecule has 1 heterocycles. The Morgan fingerprint density at radius 1 is 1.50 bits per heavy atom. The van der Waals surface area contributed by atoms with E-state index in [1.54, 1.807) is 6.20 Å². The van der Waals surface area contributed by atoms with Gasteiger partial charge in [-0.15, -0.1) is 11.6 Å². The topological polar surface area (TPSA) is 29.0 Å². The van der Waals surface area contributed by atoms with Gasteiger partial charge >= 0.3 is 0 Å². The number of alkyl halides is 1. The van der Waals surface area contributed by atoms with E-state index < -0.39 is 0 Å². The van der Waals surface area contributed by atoms with Crippen molar-refractivity contribution in [2.24, 2.45) is 0 Å². The highest BCUT2D eigenvalue weighted by atomic mass is 35.5. The van der Waals surface area contributed by atoms with Crippen LogP contribution < -0.4 is 0 Å². The molecule has 1 aromatic rings. The van der Waals surface area contributed by atoms with E-state index >= 15 is 0 Å². The molecule has 4 heteroatoms. The van der Waals surface area contributed by atoms with Gasteiger partial charge in [0.2, 0.25) is 0 Å². The summed E-state index contributed by atoms with van der Waals surface area (Å²) in [6.45, 7) is 0.755. The summed E-state index contributed by atoms with van der Waals surface area (Å²) in [4.78, 5) is 10.4. The van der Waals surface area contributed by atoms with Gasteiger partial charge in [0.15, 0.2) is 0 Å². The van der Waals surface area contributed by atoms with Crippen molar-refractivity contribution in [2.75, 3.05) is 14.1 Å². The van der Waals surface area contributed by atoms with Gasteiger partial charge < -0.3 is 4.90 Å². The van der Waals surface area contributed by atoms with Crippen LogP contribution in [0.2, 0.25) is 0 Å². The van der Waals surface area contributed by atoms with Crippen LogP contribution in [0.5, 0.6) is 0 Å². The minimum atomic E-state index is 0.447. The van der Waals surface area contributed by atoms with E-state index in [1.165, 1.54) is 0 Å². The lowest BCUT2D eigenvalue weighted by Gasteiger charge is -2.07. The van der Waals surface area contributed by atoms with Crippen LogP contribution in [0.15, 0.2) is 12.3 Å². The number of rotatable bonds is 3. The zero-order valence-corrected chi connectivity index (χ0v) is 8.04. The van der Waals surface area contributed by atoms with Crippen LogP contribution in [0.1, 0.15) is 11.5 Å². The summed E-state index contributed by atoms with van der Waals surface area (Å²) in [5.74, 6) is 1.27. The Labute approximate surface area is 77.4 Å². The molecule has 3 nitrogen and oxygen atoms in total. The van der Waals surface area contributed by atoms with E-state index in [0.29, 0.717) is 5.88 Å². The van der Waals surface area contributed by atoms with Crippen molar-refractivity contribution in [1.82, 2.24) is 14.9 Å². The average Bonchev–Trinajstić information content (AvgIpc) is 2.03. The standard InChI is InChI=1S/C8H12ClN3/c1-12(2)6-8-10-4-3-7(5-9)11-8/h3-4H,5-6H2,1-2H3. The van der Waals surface area contributed by atoms with Gasteiger partial charge in [-0.25, -0.2) is 9.97 Å². The van der Waals surface area contributed by atoms with Crippen molar-refractivity contribution in [2.45, 2.75) is 12.4 Å². The molecule has 1 aromatic heterocycles. The van der Waals surface area contributed by atoms with Crippen molar-refractivity contribution in [3.05, 3.63) is 23.8 Å². The number of aromatic nitrogens is 2. The van der Waals surface area contributed by atoms with E-state index in [2.05, 4.69) is 9.97 Å². The SMILES string of the molecule is CN(C)Cc1nccc(CCl)n1. The number of hydrogen-bond acceptors (Lipinski definition) is 3. The average molecular weight is 186 g/mol. The maximum absolute atomic E-state index is 5.63. The van der Waals surface area contributed by atoms with Crippen LogP contribution in [0.4, 0.5) is 0 Å². The molecule has 1 rings (SSSR count). The number of nitrogens with zero attached hydrogens (tertiary/aromatic N) is 3. The molecule has 12 heavy (non-hydrogen) atoms. The minimum absolute atomic E-state index is 0.447. The van der Waals surface area contributed by atoms with E-state index in [0.717, 1.165) is 18.1 Å². The lowest BCUT2D eigenvalue weighted by Crippen LogP contribution is -2.13. The van der Waals surface area contributed by atoms with Crippen LogP contribution in [0, 0.1) is 0 Å². The fourth-order valence-electron chi connectivity index (χ4n) is 0.875. The van der Waals surface area contributed by atoms with Crippen molar-refractivity contribution in [3.8, 4) is 0 Å². The van der Waals surface area contributed by atoms with Gasteiger partial charge in [0.25, 0.3) is 0 Å². The molecular weight excluding hydrogens is 174 g/mol. The molecule has 0 aliphatic heterocycles. The normalized spacial score (nSPS) is 10.7. The fraction of sp³-hybridized carbons (Fsp3) is 0.500. The van der Waals surface area contributed by atoms with Crippen LogP contribution in [0.3, 0.4) is 0 Å². The third-order valence-electron chi connectivity index (χ3n) is 1.36. The summed E-state index contributed by atoms with van der Waals surface area (Å²) in [5, 5.41) is 0. The molecule has 0 radical (unpaired) electrons. The molecule has 0 saturated heterocycles. The zero-order chi connectivity index (χ0) is 8.97. The molecule has 0 amide bonds. The number of halogens is 1. The summed E-state index contributed by atoms with van der Waals surface area (Å²) >= 11 is 5.63. The van der Waals surface area contributed by atoms with Gasteiger partial charge in [-0.2, -0.15) is 0 Å². The Hall–Kier alpha value is -0.670. The smallest absolute Gasteiger partial charge is 0.142 e. The summed E-state index contributed by atoms with van der Waals surface area (Å²) in [7, 11) is 3.97. The molecule has 66 valence electrons. The van der Waals surface area contributed by atoms with Crippen molar-refractivity contribution in [3.63, 3.8) is 0 Å². The predicted octanol–water partition coefficient (Wildman–Crippen LogP) is 1.28. The van der Waals surface area contributed by atoms with E-state index in [4.69, 9.17) is 11.6 Å². The molecule has 0 saturated carbocycles. The Balaban J connectivity index is 2.72. The summed E-state index contributed by atoms with van der Waals surface area (Å²) in [6.07, 6.45) is 1.74. The van der Waals surface area contributed by atoms with Crippen molar-refractivity contribution in [1.29, 1.82) is 0 Å². The Kier molecular flexibility index (Phi) is 3.44. The third kappa shape index (κ3) is 2.75. The predicted molar refractivity (Wildman–Crippen MR) is 49.0 cm³/mol. The zero-order valence-electron chi connectivity index (χ0n) is 7.29. The molecule has 0 aromatic carbocycles. The van der Waals surface area contributed by atoms with Gasteiger partial charge in [-0.3, -0.25) is 0 Å². The van der Waals surface area contributed by atoms with Crippen LogP contribution >= 0.6 is 11.6 Å². The third-order valence-corrected chi connectivity index (χ3v) is 1.63. The molecule has 0 atom stereocenters. The molecular formula is C8H12ClN3. The first-order chi connectivity index (χ1) is 5.72. The Morgan fingerprint density at radius 2 is 2.25 bits per heavy atom. The summed E-state index contributed by atoms with van der Waals surface area (Å²) in [5.41, 5.74) is 0.878. The molecule has 0 aliphatic rings. The number of hydrogen-bond donors (Lipinski definition) is 0. The molecule has 0 N–H and O–H groups in total. The van der Waals surface area contributed by atoms with Gasteiger partial charge in [0.05, 0.1) is 18.1 Å². The monoisotopic (exact) mass is 185 g/mol. The Morgan fingerprint density at radius 3 is 2.83 bits per heavy atom.